The first-order chi connectivity index (χ1) is 17.0. The van der Waals surface area contributed by atoms with Crippen molar-refractivity contribution in [2.75, 3.05) is 13.2 Å². The maximum Gasteiger partial charge on any atom is 0.341 e. The average Bonchev–Trinajstić information content (AvgIpc) is 3.21. The Morgan fingerprint density at radius 1 is 1.06 bits per heavy atom. The molecule has 3 aromatic carbocycles. The van der Waals surface area contributed by atoms with Crippen molar-refractivity contribution in [3.05, 3.63) is 89.1 Å². The molecule has 0 radical (unpaired) electrons. The van der Waals surface area contributed by atoms with Crippen LogP contribution in [0.4, 0.5) is 8.78 Å². The van der Waals surface area contributed by atoms with Gasteiger partial charge in [0.25, 0.3) is 0 Å². The van der Waals surface area contributed by atoms with Crippen molar-refractivity contribution in [1.82, 2.24) is 4.57 Å². The van der Waals surface area contributed by atoms with Crippen LogP contribution in [0.2, 0.25) is 0 Å². The molecule has 0 saturated heterocycles. The third kappa shape index (κ3) is 3.69. The zero-order chi connectivity index (χ0) is 25.8. The van der Waals surface area contributed by atoms with Crippen molar-refractivity contribution >= 4 is 16.9 Å². The molecule has 0 saturated carbocycles. The molecule has 2 N–H and O–H groups in total. The van der Waals surface area contributed by atoms with Gasteiger partial charge in [-0.25, -0.2) is 13.6 Å². The Bertz CT molecular complexity index is 1510. The third-order valence-corrected chi connectivity index (χ3v) is 6.72. The number of carbonyl (C=O) groups is 1. The zero-order valence-electron chi connectivity index (χ0n) is 20.0. The van der Waals surface area contributed by atoms with E-state index in [1.807, 2.05) is 37.5 Å². The van der Waals surface area contributed by atoms with Gasteiger partial charge in [-0.2, -0.15) is 0 Å². The van der Waals surface area contributed by atoms with E-state index in [1.165, 1.54) is 6.07 Å². The summed E-state index contributed by atoms with van der Waals surface area (Å²) < 4.78 is 41.9. The SMILES string of the molecule is CC1(C)COC(C)(c2cccc(OCC(=O)O)c2)c2c1n(-c1ccc(F)c(F)c1)c1cccc(O)c21. The van der Waals surface area contributed by atoms with Crippen molar-refractivity contribution in [3.63, 3.8) is 0 Å². The van der Waals surface area contributed by atoms with E-state index in [0.29, 0.717) is 33.5 Å². The number of halogens is 2. The van der Waals surface area contributed by atoms with Crippen LogP contribution in [0, 0.1) is 11.6 Å². The lowest BCUT2D eigenvalue weighted by molar-refractivity contribution is -0.139. The summed E-state index contributed by atoms with van der Waals surface area (Å²) in [6.07, 6.45) is 0. The number of aromatic hydroxyl groups is 1. The molecule has 1 aliphatic heterocycles. The van der Waals surface area contributed by atoms with Gasteiger partial charge in [0.05, 0.1) is 12.1 Å². The molecule has 186 valence electrons. The highest BCUT2D eigenvalue weighted by atomic mass is 19.2. The molecule has 6 nitrogen and oxygen atoms in total. The van der Waals surface area contributed by atoms with Crippen LogP contribution in [-0.4, -0.2) is 34.0 Å². The van der Waals surface area contributed by atoms with Crippen LogP contribution < -0.4 is 4.74 Å². The molecule has 1 aromatic heterocycles. The van der Waals surface area contributed by atoms with E-state index < -0.39 is 35.2 Å². The van der Waals surface area contributed by atoms with Gasteiger partial charge in [0.1, 0.15) is 17.1 Å². The molecule has 2 heterocycles. The van der Waals surface area contributed by atoms with Gasteiger partial charge in [-0.05, 0) is 48.9 Å². The number of fused-ring (bicyclic) bond motifs is 3. The van der Waals surface area contributed by atoms with E-state index in [0.717, 1.165) is 17.8 Å². The normalized spacial score (nSPS) is 18.7. The Morgan fingerprint density at radius 3 is 2.53 bits per heavy atom. The molecule has 0 aliphatic carbocycles. The van der Waals surface area contributed by atoms with Gasteiger partial charge < -0.3 is 24.3 Å². The number of phenolic OH excluding ortho intramolecular Hbond substituents is 1. The number of hydrogen-bond donors (Lipinski definition) is 2. The molecule has 1 atom stereocenters. The Hall–Kier alpha value is -3.91. The lowest BCUT2D eigenvalue weighted by atomic mass is 9.75. The topological polar surface area (TPSA) is 80.9 Å². The highest BCUT2D eigenvalue weighted by molar-refractivity contribution is 5.94. The van der Waals surface area contributed by atoms with Gasteiger partial charge in [-0.1, -0.05) is 32.0 Å². The lowest BCUT2D eigenvalue weighted by Crippen LogP contribution is -2.43. The first kappa shape index (κ1) is 23.8. The molecule has 8 heteroatoms. The summed E-state index contributed by atoms with van der Waals surface area (Å²) in [5.41, 5.74) is 1.56. The number of ether oxygens (including phenoxy) is 2. The standard InChI is InChI=1S/C28H25F2NO5/c1-27(2)15-36-28(3,16-6-4-7-18(12-16)35-14-23(33)34)25-24-21(8-5-9-22(24)32)31(26(25)27)17-10-11-19(29)20(30)13-17/h4-13,32H,14-15H2,1-3H3,(H,33,34). The molecule has 5 rings (SSSR count). The van der Waals surface area contributed by atoms with E-state index in [4.69, 9.17) is 14.6 Å². The number of aromatic nitrogens is 1. The number of carboxylic acid groups (broad SMARTS) is 1. The van der Waals surface area contributed by atoms with Crippen LogP contribution in [0.1, 0.15) is 37.6 Å². The predicted octanol–water partition coefficient (Wildman–Crippen LogP) is 5.65. The monoisotopic (exact) mass is 493 g/mol. The van der Waals surface area contributed by atoms with Crippen LogP contribution in [0.25, 0.3) is 16.6 Å². The molecule has 0 amide bonds. The smallest absolute Gasteiger partial charge is 0.341 e. The lowest BCUT2D eigenvalue weighted by Gasteiger charge is -2.43. The van der Waals surface area contributed by atoms with Crippen LogP contribution in [0.5, 0.6) is 11.5 Å². The Labute approximate surface area is 206 Å². The Balaban J connectivity index is 1.82. The van der Waals surface area contributed by atoms with E-state index in [9.17, 15) is 18.7 Å². The summed E-state index contributed by atoms with van der Waals surface area (Å²) in [4.78, 5) is 11.0. The number of benzene rings is 3. The van der Waals surface area contributed by atoms with Crippen LogP contribution in [0.3, 0.4) is 0 Å². The number of carboxylic acids is 1. The van der Waals surface area contributed by atoms with Gasteiger partial charge in [0.2, 0.25) is 0 Å². The van der Waals surface area contributed by atoms with Crippen LogP contribution in [0.15, 0.2) is 60.7 Å². The average molecular weight is 494 g/mol. The molecule has 4 aromatic rings. The second kappa shape index (κ2) is 8.34. The fourth-order valence-corrected chi connectivity index (χ4v) is 5.04. The quantitative estimate of drug-likeness (QED) is 0.376. The first-order valence-electron chi connectivity index (χ1n) is 11.4. The molecule has 1 aliphatic rings. The number of phenols is 1. The fraction of sp³-hybridized carbons (Fsp3) is 0.250. The molecule has 36 heavy (non-hydrogen) atoms. The first-order valence-corrected chi connectivity index (χ1v) is 11.4. The minimum Gasteiger partial charge on any atom is -0.507 e. The van der Waals surface area contributed by atoms with E-state index in [2.05, 4.69) is 0 Å². The van der Waals surface area contributed by atoms with Gasteiger partial charge in [0, 0.05) is 33.8 Å². The van der Waals surface area contributed by atoms with E-state index >= 15 is 0 Å². The van der Waals surface area contributed by atoms with Crippen LogP contribution in [-0.2, 0) is 20.5 Å². The maximum atomic E-state index is 14.3. The summed E-state index contributed by atoms with van der Waals surface area (Å²) >= 11 is 0. The van der Waals surface area contributed by atoms with Crippen molar-refractivity contribution in [1.29, 1.82) is 0 Å². The largest absolute Gasteiger partial charge is 0.507 e. The van der Waals surface area contributed by atoms with E-state index in [1.54, 1.807) is 30.3 Å². The summed E-state index contributed by atoms with van der Waals surface area (Å²) in [7, 11) is 0. The molecule has 0 fully saturated rings. The summed E-state index contributed by atoms with van der Waals surface area (Å²) in [5, 5.41) is 20.6. The summed E-state index contributed by atoms with van der Waals surface area (Å²) in [5.74, 6) is -2.63. The highest BCUT2D eigenvalue weighted by Gasteiger charge is 2.47. The van der Waals surface area contributed by atoms with Gasteiger partial charge in [-0.3, -0.25) is 0 Å². The number of nitrogens with zero attached hydrogens (tertiary/aromatic N) is 1. The van der Waals surface area contributed by atoms with Crippen molar-refractivity contribution < 1.29 is 33.3 Å². The molecule has 1 unspecified atom stereocenters. The third-order valence-electron chi connectivity index (χ3n) is 6.72. The maximum absolute atomic E-state index is 14.3. The zero-order valence-corrected chi connectivity index (χ0v) is 20.0. The minimum absolute atomic E-state index is 0.0240. The fourth-order valence-electron chi connectivity index (χ4n) is 5.04. The highest BCUT2D eigenvalue weighted by Crippen LogP contribution is 2.52. The predicted molar refractivity (Wildman–Crippen MR) is 130 cm³/mol. The minimum atomic E-state index is -1.09. The molecule has 0 spiro atoms. The number of hydrogen-bond acceptors (Lipinski definition) is 4. The second-order valence-electron chi connectivity index (χ2n) is 9.74. The van der Waals surface area contributed by atoms with E-state index in [-0.39, 0.29) is 12.4 Å². The van der Waals surface area contributed by atoms with Crippen molar-refractivity contribution in [3.8, 4) is 17.2 Å². The molecular formula is C28H25F2NO5. The van der Waals surface area contributed by atoms with Gasteiger partial charge in [-0.15, -0.1) is 0 Å². The number of rotatable bonds is 5. The summed E-state index contributed by atoms with van der Waals surface area (Å²) in [6, 6.07) is 15.8. The molecule has 0 bridgehead atoms. The Kier molecular flexibility index (Phi) is 5.52. The summed E-state index contributed by atoms with van der Waals surface area (Å²) in [6.45, 7) is 5.65. The molecular weight excluding hydrogens is 468 g/mol. The van der Waals surface area contributed by atoms with Crippen molar-refractivity contribution in [2.45, 2.75) is 31.8 Å². The Morgan fingerprint density at radius 2 is 1.81 bits per heavy atom. The van der Waals surface area contributed by atoms with Gasteiger partial charge in [0.15, 0.2) is 18.2 Å². The van der Waals surface area contributed by atoms with Crippen molar-refractivity contribution in [2.24, 2.45) is 0 Å². The van der Waals surface area contributed by atoms with Gasteiger partial charge >= 0.3 is 5.97 Å². The van der Waals surface area contributed by atoms with Crippen LogP contribution >= 0.6 is 0 Å². The number of aliphatic carboxylic acids is 1. The second-order valence-corrected chi connectivity index (χ2v) is 9.74.